The minimum Gasteiger partial charge on any atom is -0.419 e. The lowest BCUT2D eigenvalue weighted by Crippen LogP contribution is -2.30. The Morgan fingerprint density at radius 1 is 0.581 bits per heavy atom. The molecule has 3 heterocycles. The average Bonchev–Trinajstić information content (AvgIpc) is 3.42. The predicted molar refractivity (Wildman–Crippen MR) is 115 cm³/mol. The van der Waals surface area contributed by atoms with E-state index in [0.29, 0.717) is 36.7 Å². The summed E-state index contributed by atoms with van der Waals surface area (Å²) < 4.78 is 11.7. The van der Waals surface area contributed by atoms with Gasteiger partial charge in [0.05, 0.1) is 13.1 Å². The van der Waals surface area contributed by atoms with Gasteiger partial charge in [0, 0.05) is 24.2 Å². The molecule has 5 rings (SSSR count). The maximum atomic E-state index is 5.87. The fourth-order valence-corrected chi connectivity index (χ4v) is 3.75. The molecular weight excluding hydrogens is 392 g/mol. The van der Waals surface area contributed by atoms with Crippen LogP contribution in [0.5, 0.6) is 0 Å². The van der Waals surface area contributed by atoms with Crippen LogP contribution in [0.2, 0.25) is 0 Å². The first-order valence-electron chi connectivity index (χ1n) is 10.5. The number of benzene rings is 2. The number of hydrogen-bond donors (Lipinski definition) is 0. The number of rotatable bonds is 6. The predicted octanol–water partition coefficient (Wildman–Crippen LogP) is 3.49. The van der Waals surface area contributed by atoms with E-state index in [2.05, 4.69) is 30.2 Å². The Bertz CT molecular complexity index is 1010. The Labute approximate surface area is 180 Å². The van der Waals surface area contributed by atoms with Crippen LogP contribution in [0.4, 0.5) is 0 Å². The molecule has 8 nitrogen and oxygen atoms in total. The first-order chi connectivity index (χ1) is 15.3. The zero-order valence-corrected chi connectivity index (χ0v) is 17.2. The fourth-order valence-electron chi connectivity index (χ4n) is 3.75. The molecule has 0 unspecified atom stereocenters. The van der Waals surface area contributed by atoms with E-state index in [1.807, 2.05) is 60.7 Å². The van der Waals surface area contributed by atoms with Gasteiger partial charge in [0.2, 0.25) is 23.6 Å². The fraction of sp³-hybridized carbons (Fsp3) is 0.304. The molecule has 31 heavy (non-hydrogen) atoms. The third kappa shape index (κ3) is 4.87. The molecule has 158 valence electrons. The highest BCUT2D eigenvalue weighted by Gasteiger charge is 2.19. The number of hydrogen-bond acceptors (Lipinski definition) is 8. The third-order valence-electron chi connectivity index (χ3n) is 5.37. The van der Waals surface area contributed by atoms with Crippen LogP contribution in [0.15, 0.2) is 69.5 Å². The summed E-state index contributed by atoms with van der Waals surface area (Å²) in [7, 11) is 0. The van der Waals surface area contributed by atoms with Gasteiger partial charge in [-0.3, -0.25) is 9.80 Å². The molecule has 0 N–H and O–H groups in total. The van der Waals surface area contributed by atoms with Crippen LogP contribution < -0.4 is 0 Å². The average molecular weight is 416 g/mol. The van der Waals surface area contributed by atoms with Gasteiger partial charge in [0.25, 0.3) is 0 Å². The first kappa shape index (κ1) is 19.6. The molecule has 0 bridgehead atoms. The molecule has 2 aromatic carbocycles. The van der Waals surface area contributed by atoms with Gasteiger partial charge >= 0.3 is 0 Å². The highest BCUT2D eigenvalue weighted by Crippen LogP contribution is 2.20. The van der Waals surface area contributed by atoms with Crippen molar-refractivity contribution < 1.29 is 8.83 Å². The Hall–Kier alpha value is -3.36. The molecule has 1 aliphatic heterocycles. The molecule has 0 amide bonds. The standard InChI is InChI=1S/C23H24N6O2/c1-3-8-18(9-4-1)22-26-24-20(30-22)16-28-12-7-13-29(15-14-28)17-21-25-27-23(31-21)19-10-5-2-6-11-19/h1-6,8-11H,7,12-17H2. The Kier molecular flexibility index (Phi) is 5.81. The number of aromatic nitrogens is 4. The van der Waals surface area contributed by atoms with Crippen molar-refractivity contribution in [3.63, 3.8) is 0 Å². The lowest BCUT2D eigenvalue weighted by molar-refractivity contribution is 0.222. The molecular formula is C23H24N6O2. The summed E-state index contributed by atoms with van der Waals surface area (Å²) in [5.41, 5.74) is 1.88. The summed E-state index contributed by atoms with van der Waals surface area (Å²) in [6, 6.07) is 19.7. The SMILES string of the molecule is c1ccc(-c2nnc(CN3CCCN(Cc4nnc(-c5ccccc5)o4)CC3)o2)cc1. The third-order valence-corrected chi connectivity index (χ3v) is 5.37. The van der Waals surface area contributed by atoms with Gasteiger partial charge in [-0.05, 0) is 43.8 Å². The van der Waals surface area contributed by atoms with Crippen molar-refractivity contribution in [3.05, 3.63) is 72.4 Å². The minimum atomic E-state index is 0.567. The maximum Gasteiger partial charge on any atom is 0.247 e. The van der Waals surface area contributed by atoms with Crippen LogP contribution in [0.1, 0.15) is 18.2 Å². The van der Waals surface area contributed by atoms with Crippen LogP contribution >= 0.6 is 0 Å². The van der Waals surface area contributed by atoms with Crippen molar-refractivity contribution in [2.24, 2.45) is 0 Å². The van der Waals surface area contributed by atoms with Crippen LogP contribution in [-0.4, -0.2) is 56.4 Å². The summed E-state index contributed by atoms with van der Waals surface area (Å²) in [6.45, 7) is 5.13. The van der Waals surface area contributed by atoms with Crippen LogP contribution in [0.3, 0.4) is 0 Å². The summed E-state index contributed by atoms with van der Waals surface area (Å²) in [5.74, 6) is 2.43. The summed E-state index contributed by atoms with van der Waals surface area (Å²) >= 11 is 0. The topological polar surface area (TPSA) is 84.3 Å². The van der Waals surface area contributed by atoms with E-state index in [1.54, 1.807) is 0 Å². The summed E-state index contributed by atoms with van der Waals surface area (Å²) in [5, 5.41) is 16.8. The quantitative estimate of drug-likeness (QED) is 0.472. The van der Waals surface area contributed by atoms with Crippen molar-refractivity contribution in [2.75, 3.05) is 26.2 Å². The molecule has 0 saturated carbocycles. The van der Waals surface area contributed by atoms with E-state index in [9.17, 15) is 0 Å². The van der Waals surface area contributed by atoms with Gasteiger partial charge in [-0.15, -0.1) is 20.4 Å². The van der Waals surface area contributed by atoms with Crippen molar-refractivity contribution in [1.29, 1.82) is 0 Å². The first-order valence-corrected chi connectivity index (χ1v) is 10.5. The van der Waals surface area contributed by atoms with Gasteiger partial charge in [-0.1, -0.05) is 36.4 Å². The van der Waals surface area contributed by atoms with E-state index in [-0.39, 0.29) is 0 Å². The van der Waals surface area contributed by atoms with Gasteiger partial charge in [-0.25, -0.2) is 0 Å². The Morgan fingerprint density at radius 3 is 1.48 bits per heavy atom. The zero-order valence-electron chi connectivity index (χ0n) is 17.2. The highest BCUT2D eigenvalue weighted by molar-refractivity contribution is 5.52. The van der Waals surface area contributed by atoms with Crippen LogP contribution in [-0.2, 0) is 13.1 Å². The minimum absolute atomic E-state index is 0.567. The molecule has 0 radical (unpaired) electrons. The van der Waals surface area contributed by atoms with Crippen LogP contribution in [0.25, 0.3) is 22.9 Å². The van der Waals surface area contributed by atoms with Crippen LogP contribution in [0, 0.1) is 0 Å². The molecule has 1 saturated heterocycles. The van der Waals surface area contributed by atoms with E-state index in [0.717, 1.165) is 43.7 Å². The second kappa shape index (κ2) is 9.20. The highest BCUT2D eigenvalue weighted by atomic mass is 16.4. The molecule has 8 heteroatoms. The van der Waals surface area contributed by atoms with Gasteiger partial charge < -0.3 is 8.83 Å². The van der Waals surface area contributed by atoms with E-state index in [1.165, 1.54) is 0 Å². The van der Waals surface area contributed by atoms with E-state index >= 15 is 0 Å². The van der Waals surface area contributed by atoms with E-state index in [4.69, 9.17) is 8.83 Å². The Balaban J connectivity index is 1.16. The molecule has 0 spiro atoms. The largest absolute Gasteiger partial charge is 0.419 e. The molecule has 2 aromatic heterocycles. The zero-order chi connectivity index (χ0) is 20.9. The maximum absolute atomic E-state index is 5.87. The van der Waals surface area contributed by atoms with E-state index < -0.39 is 0 Å². The summed E-state index contributed by atoms with van der Waals surface area (Å²) in [4.78, 5) is 4.71. The van der Waals surface area contributed by atoms with Crippen molar-refractivity contribution in [3.8, 4) is 22.9 Å². The summed E-state index contributed by atoms with van der Waals surface area (Å²) in [6.07, 6.45) is 1.05. The Morgan fingerprint density at radius 2 is 1.03 bits per heavy atom. The lowest BCUT2D eigenvalue weighted by Gasteiger charge is -2.19. The van der Waals surface area contributed by atoms with Crippen molar-refractivity contribution in [2.45, 2.75) is 19.5 Å². The number of nitrogens with zero attached hydrogens (tertiary/aromatic N) is 6. The second-order valence-electron chi connectivity index (χ2n) is 7.64. The van der Waals surface area contributed by atoms with Crippen molar-refractivity contribution in [1.82, 2.24) is 30.2 Å². The second-order valence-corrected chi connectivity index (χ2v) is 7.64. The molecule has 1 aliphatic rings. The van der Waals surface area contributed by atoms with Gasteiger partial charge in [0.15, 0.2) is 0 Å². The lowest BCUT2D eigenvalue weighted by atomic mass is 10.2. The van der Waals surface area contributed by atoms with Gasteiger partial charge in [-0.2, -0.15) is 0 Å². The normalized spacial score (nSPS) is 15.7. The molecule has 0 aliphatic carbocycles. The van der Waals surface area contributed by atoms with Gasteiger partial charge in [0.1, 0.15) is 0 Å². The van der Waals surface area contributed by atoms with Crippen molar-refractivity contribution >= 4 is 0 Å². The molecule has 1 fully saturated rings. The molecule has 4 aromatic rings. The smallest absolute Gasteiger partial charge is 0.247 e. The monoisotopic (exact) mass is 416 g/mol. The molecule has 0 atom stereocenters.